The molecule has 5 rings (SSSR count). The lowest BCUT2D eigenvalue weighted by molar-refractivity contribution is -0.142. The first-order valence-electron chi connectivity index (χ1n) is 9.80. The van der Waals surface area contributed by atoms with E-state index in [1.54, 1.807) is 0 Å². The smallest absolute Gasteiger partial charge is 0.308 e. The maximum absolute atomic E-state index is 12.9. The number of Topliss-reactive ketones (excluding diaryl/α,β-unsaturated/α-hetero) is 1. The number of benzene rings is 1. The van der Waals surface area contributed by atoms with E-state index >= 15 is 0 Å². The molecule has 3 fully saturated rings. The number of carbonyl (C=O) groups is 2. The van der Waals surface area contributed by atoms with Crippen LogP contribution in [0.15, 0.2) is 18.2 Å². The van der Waals surface area contributed by atoms with Crippen molar-refractivity contribution in [3.05, 3.63) is 29.3 Å². The average Bonchev–Trinajstić information content (AvgIpc) is 3.11. The molecule has 3 nitrogen and oxygen atoms in total. The number of carbonyl (C=O) groups excluding carboxylic acids is 2. The Balaban J connectivity index is 1.53. The van der Waals surface area contributed by atoms with Gasteiger partial charge in [0, 0.05) is 18.3 Å². The van der Waals surface area contributed by atoms with Crippen LogP contribution >= 0.6 is 0 Å². The van der Waals surface area contributed by atoms with E-state index in [1.165, 1.54) is 30.9 Å². The van der Waals surface area contributed by atoms with Crippen LogP contribution in [0.5, 0.6) is 5.75 Å². The quantitative estimate of drug-likeness (QED) is 0.562. The van der Waals surface area contributed by atoms with E-state index in [9.17, 15) is 9.59 Å². The first kappa shape index (κ1) is 15.6. The van der Waals surface area contributed by atoms with Crippen molar-refractivity contribution in [2.24, 2.45) is 22.7 Å². The summed E-state index contributed by atoms with van der Waals surface area (Å²) in [5.41, 5.74) is 2.99. The highest BCUT2D eigenvalue weighted by Gasteiger charge is 2.69. The molecule has 1 aromatic rings. The van der Waals surface area contributed by atoms with Gasteiger partial charge >= 0.3 is 5.97 Å². The van der Waals surface area contributed by atoms with Crippen LogP contribution in [0.1, 0.15) is 69.4 Å². The number of hydrogen-bond acceptors (Lipinski definition) is 3. The molecule has 1 aromatic carbocycles. The minimum absolute atomic E-state index is 0.0632. The van der Waals surface area contributed by atoms with Crippen LogP contribution in [-0.4, -0.2) is 11.8 Å². The van der Waals surface area contributed by atoms with Gasteiger partial charge < -0.3 is 4.74 Å². The van der Waals surface area contributed by atoms with Crippen molar-refractivity contribution in [3.63, 3.8) is 0 Å². The second kappa shape index (κ2) is 4.96. The summed E-state index contributed by atoms with van der Waals surface area (Å²) < 4.78 is 5.28. The molecule has 0 aromatic heterocycles. The standard InChI is InChI=1S/C22H26O3/c1-13(23)25-16-4-5-17-14(11-16)3-6-19-18(17)8-9-21(2)20(24)15-7-10-22(19,21)12-15/h4-5,11,15,18-19H,3,6-10,12H2,1-2H3/t15-,18+,19+,21+,22+/m0/s1. The second-order valence-electron chi connectivity index (χ2n) is 9.04. The van der Waals surface area contributed by atoms with E-state index in [4.69, 9.17) is 4.74 Å². The van der Waals surface area contributed by atoms with Crippen molar-refractivity contribution in [1.82, 2.24) is 0 Å². The zero-order valence-electron chi connectivity index (χ0n) is 15.1. The normalized spacial score (nSPS) is 41.0. The Hall–Kier alpha value is -1.64. The topological polar surface area (TPSA) is 43.4 Å². The molecule has 4 aliphatic carbocycles. The van der Waals surface area contributed by atoms with E-state index in [0.717, 1.165) is 32.1 Å². The number of hydrogen-bond donors (Lipinski definition) is 0. The molecule has 1 spiro atoms. The zero-order valence-corrected chi connectivity index (χ0v) is 15.1. The lowest BCUT2D eigenvalue weighted by Gasteiger charge is -2.57. The molecule has 0 amide bonds. The third-order valence-corrected chi connectivity index (χ3v) is 8.21. The summed E-state index contributed by atoms with van der Waals surface area (Å²) in [6.45, 7) is 3.73. The molecule has 132 valence electrons. The molecule has 3 heteroatoms. The predicted molar refractivity (Wildman–Crippen MR) is 94.4 cm³/mol. The number of esters is 1. The number of rotatable bonds is 1. The molecule has 0 unspecified atom stereocenters. The molecule has 5 atom stereocenters. The summed E-state index contributed by atoms with van der Waals surface area (Å²) in [5, 5.41) is 0. The van der Waals surface area contributed by atoms with E-state index in [-0.39, 0.29) is 16.8 Å². The highest BCUT2D eigenvalue weighted by molar-refractivity contribution is 5.91. The van der Waals surface area contributed by atoms with Crippen molar-refractivity contribution >= 4 is 11.8 Å². The zero-order chi connectivity index (χ0) is 17.4. The predicted octanol–water partition coefficient (Wildman–Crippen LogP) is 4.43. The Kier molecular flexibility index (Phi) is 3.09. The van der Waals surface area contributed by atoms with Crippen molar-refractivity contribution in [1.29, 1.82) is 0 Å². The molecule has 0 saturated heterocycles. The second-order valence-corrected chi connectivity index (χ2v) is 9.04. The molecule has 0 N–H and O–H groups in total. The van der Waals surface area contributed by atoms with E-state index in [2.05, 4.69) is 19.1 Å². The van der Waals surface area contributed by atoms with Crippen molar-refractivity contribution in [3.8, 4) is 5.75 Å². The minimum Gasteiger partial charge on any atom is -0.427 e. The third kappa shape index (κ3) is 1.87. The molecule has 3 saturated carbocycles. The van der Waals surface area contributed by atoms with Gasteiger partial charge in [-0.2, -0.15) is 0 Å². The molecular formula is C22H26O3. The summed E-state index contributed by atoms with van der Waals surface area (Å²) in [7, 11) is 0. The molecular weight excluding hydrogens is 312 g/mol. The van der Waals surface area contributed by atoms with Gasteiger partial charge in [-0.3, -0.25) is 9.59 Å². The fourth-order valence-corrected chi connectivity index (χ4v) is 7.20. The summed E-state index contributed by atoms with van der Waals surface area (Å²) in [5.74, 6) is 2.55. The van der Waals surface area contributed by atoms with E-state index < -0.39 is 0 Å². The lowest BCUT2D eigenvalue weighted by atomic mass is 9.46. The molecule has 0 aliphatic heterocycles. The van der Waals surface area contributed by atoms with Gasteiger partial charge in [0.1, 0.15) is 11.5 Å². The van der Waals surface area contributed by atoms with E-state index in [0.29, 0.717) is 29.3 Å². The lowest BCUT2D eigenvalue weighted by Crippen LogP contribution is -2.52. The van der Waals surface area contributed by atoms with Gasteiger partial charge in [0.25, 0.3) is 0 Å². The number of aryl methyl sites for hydroxylation is 1. The summed E-state index contributed by atoms with van der Waals surface area (Å²) in [6, 6.07) is 6.20. The van der Waals surface area contributed by atoms with Gasteiger partial charge in [0.2, 0.25) is 0 Å². The summed E-state index contributed by atoms with van der Waals surface area (Å²) >= 11 is 0. The van der Waals surface area contributed by atoms with Crippen LogP contribution in [0, 0.1) is 22.7 Å². The van der Waals surface area contributed by atoms with Crippen molar-refractivity contribution in [2.75, 3.05) is 0 Å². The first-order chi connectivity index (χ1) is 11.9. The van der Waals surface area contributed by atoms with Crippen LogP contribution < -0.4 is 4.74 Å². The van der Waals surface area contributed by atoms with E-state index in [1.807, 2.05) is 6.07 Å². The highest BCUT2D eigenvalue weighted by Crippen LogP contribution is 2.73. The Morgan fingerprint density at radius 2 is 2.04 bits per heavy atom. The Morgan fingerprint density at radius 3 is 2.84 bits per heavy atom. The SMILES string of the molecule is CC(=O)Oc1ccc2c(c1)CC[C@@H]1[C@@H]2CC[C@]2(C)C(=O)[C@H]3CC[C@@]12C3. The first-order valence-corrected chi connectivity index (χ1v) is 9.80. The molecule has 2 bridgehead atoms. The fraction of sp³-hybridized carbons (Fsp3) is 0.636. The van der Waals surface area contributed by atoms with Gasteiger partial charge in [-0.25, -0.2) is 0 Å². The van der Waals surface area contributed by atoms with Gasteiger partial charge in [-0.05, 0) is 85.5 Å². The van der Waals surface area contributed by atoms with Crippen LogP contribution in [0.4, 0.5) is 0 Å². The van der Waals surface area contributed by atoms with Crippen LogP contribution in [0.2, 0.25) is 0 Å². The Morgan fingerprint density at radius 1 is 1.20 bits per heavy atom. The molecule has 4 aliphatic rings. The molecule has 0 heterocycles. The summed E-state index contributed by atoms with van der Waals surface area (Å²) in [4.78, 5) is 24.2. The van der Waals surface area contributed by atoms with Crippen LogP contribution in [0.25, 0.3) is 0 Å². The van der Waals surface area contributed by atoms with Gasteiger partial charge in [-0.1, -0.05) is 13.0 Å². The maximum Gasteiger partial charge on any atom is 0.308 e. The van der Waals surface area contributed by atoms with Gasteiger partial charge in [0.05, 0.1) is 0 Å². The fourth-order valence-electron chi connectivity index (χ4n) is 7.20. The number of ether oxygens (including phenoxy) is 1. The third-order valence-electron chi connectivity index (χ3n) is 8.21. The number of fused-ring (bicyclic) bond motifs is 4. The molecule has 25 heavy (non-hydrogen) atoms. The van der Waals surface area contributed by atoms with Gasteiger partial charge in [0.15, 0.2) is 0 Å². The average molecular weight is 338 g/mol. The monoisotopic (exact) mass is 338 g/mol. The highest BCUT2D eigenvalue weighted by atomic mass is 16.5. The van der Waals surface area contributed by atoms with Crippen LogP contribution in [0.3, 0.4) is 0 Å². The number of ketones is 1. The molecule has 0 radical (unpaired) electrons. The van der Waals surface area contributed by atoms with Crippen molar-refractivity contribution in [2.45, 2.75) is 64.7 Å². The largest absolute Gasteiger partial charge is 0.427 e. The minimum atomic E-state index is -0.262. The maximum atomic E-state index is 12.9. The Labute approximate surface area is 149 Å². The van der Waals surface area contributed by atoms with Crippen LogP contribution in [-0.2, 0) is 16.0 Å². The van der Waals surface area contributed by atoms with Crippen molar-refractivity contribution < 1.29 is 14.3 Å². The van der Waals surface area contributed by atoms with Gasteiger partial charge in [-0.15, -0.1) is 0 Å². The Bertz CT molecular complexity index is 781. The summed E-state index contributed by atoms with van der Waals surface area (Å²) in [6.07, 6.45) is 7.91.